The van der Waals surface area contributed by atoms with Gasteiger partial charge in [0.05, 0.1) is 7.11 Å². The monoisotopic (exact) mass is 241 g/mol. The molecule has 0 unspecified atom stereocenters. The molecule has 2 aromatic rings. The van der Waals surface area contributed by atoms with Gasteiger partial charge in [-0.15, -0.1) is 0 Å². The van der Waals surface area contributed by atoms with E-state index in [1.807, 2.05) is 35.2 Å². The van der Waals surface area contributed by atoms with Crippen molar-refractivity contribution in [2.24, 2.45) is 0 Å². The van der Waals surface area contributed by atoms with Crippen molar-refractivity contribution in [2.45, 2.75) is 12.8 Å². The number of rotatable bonds is 2. The first-order valence-electron chi connectivity index (χ1n) is 6.16. The van der Waals surface area contributed by atoms with Gasteiger partial charge in [0.1, 0.15) is 5.75 Å². The highest BCUT2D eigenvalue weighted by molar-refractivity contribution is 5.98. The molecule has 3 nitrogen and oxygen atoms in total. The van der Waals surface area contributed by atoms with Crippen LogP contribution < -0.4 is 9.64 Å². The van der Waals surface area contributed by atoms with Gasteiger partial charge in [0.25, 0.3) is 0 Å². The summed E-state index contributed by atoms with van der Waals surface area (Å²) in [7, 11) is 1.67. The van der Waals surface area contributed by atoms with E-state index in [2.05, 4.69) is 6.07 Å². The van der Waals surface area contributed by atoms with Crippen LogP contribution in [0.15, 0.2) is 36.4 Å². The molecule has 0 bridgehead atoms. The lowest BCUT2D eigenvalue weighted by Crippen LogP contribution is -2.23. The van der Waals surface area contributed by atoms with Crippen molar-refractivity contribution in [1.82, 2.24) is 0 Å². The minimum atomic E-state index is 0.225. The lowest BCUT2D eigenvalue weighted by Gasteiger charge is -2.16. The molecule has 0 aromatic heterocycles. The first-order valence-corrected chi connectivity index (χ1v) is 6.16. The summed E-state index contributed by atoms with van der Waals surface area (Å²) in [6, 6.07) is 12.1. The number of hydrogen-bond donors (Lipinski definition) is 0. The van der Waals surface area contributed by atoms with Crippen LogP contribution in [0.4, 0.5) is 5.69 Å². The fourth-order valence-corrected chi connectivity index (χ4v) is 2.43. The molecule has 0 saturated carbocycles. The molecule has 2 aromatic carbocycles. The predicted molar refractivity (Wildman–Crippen MR) is 72.1 cm³/mol. The standard InChI is InChI=1S/C15H15NO2/c1-18-14-7-5-11-9-13(6-4-12(11)10-14)16-8-2-3-15(16)17/h4-7,9-10H,2-3,8H2,1H3. The minimum Gasteiger partial charge on any atom is -0.497 e. The molecular formula is C15H15NO2. The molecule has 92 valence electrons. The largest absolute Gasteiger partial charge is 0.497 e. The van der Waals surface area contributed by atoms with Crippen LogP contribution in [-0.4, -0.2) is 19.6 Å². The number of benzene rings is 2. The van der Waals surface area contributed by atoms with Gasteiger partial charge in [-0.1, -0.05) is 12.1 Å². The zero-order chi connectivity index (χ0) is 12.5. The van der Waals surface area contributed by atoms with E-state index < -0.39 is 0 Å². The topological polar surface area (TPSA) is 29.5 Å². The molecule has 1 aliphatic heterocycles. The van der Waals surface area contributed by atoms with Crippen molar-refractivity contribution in [3.63, 3.8) is 0 Å². The molecule has 0 aliphatic carbocycles. The first kappa shape index (κ1) is 11.1. The molecule has 1 fully saturated rings. The molecule has 0 N–H and O–H groups in total. The van der Waals surface area contributed by atoms with Crippen molar-refractivity contribution in [2.75, 3.05) is 18.6 Å². The maximum atomic E-state index is 11.7. The van der Waals surface area contributed by atoms with Crippen molar-refractivity contribution in [3.05, 3.63) is 36.4 Å². The van der Waals surface area contributed by atoms with E-state index >= 15 is 0 Å². The number of amides is 1. The van der Waals surface area contributed by atoms with Gasteiger partial charge in [0.15, 0.2) is 0 Å². The average molecular weight is 241 g/mol. The van der Waals surface area contributed by atoms with Gasteiger partial charge in [-0.3, -0.25) is 4.79 Å². The molecule has 18 heavy (non-hydrogen) atoms. The summed E-state index contributed by atoms with van der Waals surface area (Å²) >= 11 is 0. The van der Waals surface area contributed by atoms with Gasteiger partial charge in [-0.25, -0.2) is 0 Å². The van der Waals surface area contributed by atoms with Gasteiger partial charge in [0, 0.05) is 18.7 Å². The van der Waals surface area contributed by atoms with E-state index in [4.69, 9.17) is 4.74 Å². The molecule has 0 spiro atoms. The summed E-state index contributed by atoms with van der Waals surface area (Å²) in [6.07, 6.45) is 1.63. The summed E-state index contributed by atoms with van der Waals surface area (Å²) in [4.78, 5) is 13.6. The number of anilines is 1. The second-order valence-electron chi connectivity index (χ2n) is 4.55. The van der Waals surface area contributed by atoms with Gasteiger partial charge in [-0.05, 0) is 41.5 Å². The summed E-state index contributed by atoms with van der Waals surface area (Å²) < 4.78 is 5.20. The van der Waals surface area contributed by atoms with E-state index in [1.54, 1.807) is 7.11 Å². The lowest BCUT2D eigenvalue weighted by atomic mass is 10.1. The highest BCUT2D eigenvalue weighted by Gasteiger charge is 2.21. The van der Waals surface area contributed by atoms with Crippen molar-refractivity contribution < 1.29 is 9.53 Å². The molecule has 1 saturated heterocycles. The molecular weight excluding hydrogens is 226 g/mol. The smallest absolute Gasteiger partial charge is 0.227 e. The Hall–Kier alpha value is -2.03. The van der Waals surface area contributed by atoms with Crippen LogP contribution in [-0.2, 0) is 4.79 Å². The number of fused-ring (bicyclic) bond motifs is 1. The van der Waals surface area contributed by atoms with Crippen molar-refractivity contribution in [1.29, 1.82) is 0 Å². The second-order valence-corrected chi connectivity index (χ2v) is 4.55. The Kier molecular flexibility index (Phi) is 2.67. The van der Waals surface area contributed by atoms with Crippen LogP contribution in [0.2, 0.25) is 0 Å². The number of hydrogen-bond acceptors (Lipinski definition) is 2. The normalized spacial score (nSPS) is 15.4. The van der Waals surface area contributed by atoms with Crippen molar-refractivity contribution >= 4 is 22.4 Å². The number of methoxy groups -OCH3 is 1. The summed E-state index contributed by atoms with van der Waals surface area (Å²) in [6.45, 7) is 0.834. The molecule has 0 radical (unpaired) electrons. The lowest BCUT2D eigenvalue weighted by molar-refractivity contribution is -0.117. The van der Waals surface area contributed by atoms with Gasteiger partial charge >= 0.3 is 0 Å². The first-order chi connectivity index (χ1) is 8.78. The Morgan fingerprint density at radius 1 is 1.11 bits per heavy atom. The highest BCUT2D eigenvalue weighted by atomic mass is 16.5. The summed E-state index contributed by atoms with van der Waals surface area (Å²) in [5, 5.41) is 2.26. The number of nitrogens with zero attached hydrogens (tertiary/aromatic N) is 1. The van der Waals surface area contributed by atoms with E-state index in [0.29, 0.717) is 6.42 Å². The van der Waals surface area contributed by atoms with Crippen LogP contribution in [0.5, 0.6) is 5.75 Å². The van der Waals surface area contributed by atoms with Crippen LogP contribution in [0.3, 0.4) is 0 Å². The average Bonchev–Trinajstić information content (AvgIpc) is 2.84. The minimum absolute atomic E-state index is 0.225. The van der Waals surface area contributed by atoms with E-state index in [0.717, 1.165) is 35.2 Å². The number of carbonyl (C=O) groups excluding carboxylic acids is 1. The molecule has 3 heteroatoms. The van der Waals surface area contributed by atoms with Crippen LogP contribution in [0.25, 0.3) is 10.8 Å². The van der Waals surface area contributed by atoms with Crippen LogP contribution >= 0.6 is 0 Å². The quantitative estimate of drug-likeness (QED) is 0.809. The molecule has 1 amide bonds. The van der Waals surface area contributed by atoms with E-state index in [-0.39, 0.29) is 5.91 Å². The molecule has 3 rings (SSSR count). The van der Waals surface area contributed by atoms with E-state index in [1.165, 1.54) is 0 Å². The van der Waals surface area contributed by atoms with Gasteiger partial charge in [-0.2, -0.15) is 0 Å². The fraction of sp³-hybridized carbons (Fsp3) is 0.267. The van der Waals surface area contributed by atoms with Crippen LogP contribution in [0.1, 0.15) is 12.8 Å². The van der Waals surface area contributed by atoms with Crippen LogP contribution in [0, 0.1) is 0 Å². The van der Waals surface area contributed by atoms with Crippen molar-refractivity contribution in [3.8, 4) is 5.75 Å². The summed E-state index contributed by atoms with van der Waals surface area (Å²) in [5.41, 5.74) is 0.996. The third-order valence-electron chi connectivity index (χ3n) is 3.42. The molecule has 1 aliphatic rings. The molecule has 1 heterocycles. The second kappa shape index (κ2) is 4.33. The van der Waals surface area contributed by atoms with E-state index in [9.17, 15) is 4.79 Å². The Morgan fingerprint density at radius 2 is 1.89 bits per heavy atom. The zero-order valence-corrected chi connectivity index (χ0v) is 10.3. The maximum absolute atomic E-state index is 11.7. The van der Waals surface area contributed by atoms with Gasteiger partial charge in [0.2, 0.25) is 5.91 Å². The van der Waals surface area contributed by atoms with Gasteiger partial charge < -0.3 is 9.64 Å². The maximum Gasteiger partial charge on any atom is 0.227 e. The number of ether oxygens (including phenoxy) is 1. The Balaban J connectivity index is 2.03. The Labute approximate surface area is 106 Å². The Morgan fingerprint density at radius 3 is 2.61 bits per heavy atom. The Bertz CT molecular complexity index is 606. The highest BCUT2D eigenvalue weighted by Crippen LogP contribution is 2.27. The third-order valence-corrected chi connectivity index (χ3v) is 3.42. The zero-order valence-electron chi connectivity index (χ0n) is 10.3. The number of carbonyl (C=O) groups is 1. The third kappa shape index (κ3) is 1.82. The fourth-order valence-electron chi connectivity index (χ4n) is 2.43. The SMILES string of the molecule is COc1ccc2cc(N3CCCC3=O)ccc2c1. The summed E-state index contributed by atoms with van der Waals surface area (Å²) in [5.74, 6) is 1.08. The predicted octanol–water partition coefficient (Wildman–Crippen LogP) is 2.98. The molecule has 0 atom stereocenters.